The molecule has 1 amide bonds. The molecule has 2 aliphatic heterocycles. The van der Waals surface area contributed by atoms with E-state index in [4.69, 9.17) is 4.74 Å². The normalized spacial score (nSPS) is 21.2. The van der Waals surface area contributed by atoms with Crippen molar-refractivity contribution >= 4 is 16.7 Å². The number of amides is 1. The Morgan fingerprint density at radius 3 is 2.75 bits per heavy atom. The molecule has 3 heterocycles. The van der Waals surface area contributed by atoms with E-state index in [0.717, 1.165) is 22.0 Å². The molecule has 2 aliphatic rings. The van der Waals surface area contributed by atoms with Crippen LogP contribution in [0.15, 0.2) is 48.7 Å². The van der Waals surface area contributed by atoms with Crippen LogP contribution in [0, 0.1) is 17.7 Å². The number of nitrogens with zero attached hydrogens (tertiary/aromatic N) is 3. The van der Waals surface area contributed by atoms with E-state index in [1.807, 2.05) is 24.3 Å². The van der Waals surface area contributed by atoms with Gasteiger partial charge >= 0.3 is 0 Å². The maximum Gasteiger partial charge on any atom is 0.256 e. The first-order valence-corrected chi connectivity index (χ1v) is 9.54. The Labute approximate surface area is 162 Å². The van der Waals surface area contributed by atoms with Crippen LogP contribution in [-0.2, 0) is 11.2 Å². The third-order valence-electron chi connectivity index (χ3n) is 5.81. The predicted molar refractivity (Wildman–Crippen MR) is 102 cm³/mol. The molecule has 0 aliphatic carbocycles. The summed E-state index contributed by atoms with van der Waals surface area (Å²) in [6.07, 6.45) is 2.22. The van der Waals surface area contributed by atoms with Crippen LogP contribution < -0.4 is 0 Å². The van der Waals surface area contributed by atoms with Crippen molar-refractivity contribution in [3.05, 3.63) is 71.3 Å². The van der Waals surface area contributed by atoms with Crippen molar-refractivity contribution in [2.75, 3.05) is 26.3 Å². The molecule has 1 aromatic heterocycles. The zero-order valence-electron chi connectivity index (χ0n) is 15.3. The van der Waals surface area contributed by atoms with Crippen molar-refractivity contribution in [3.63, 3.8) is 0 Å². The SMILES string of the molecule is O=C(c1cc(Cc2nncc3ccccc23)ccc1F)N1CC2COCC2C1. The Morgan fingerprint density at radius 1 is 1.14 bits per heavy atom. The number of carbonyl (C=O) groups is 1. The molecule has 28 heavy (non-hydrogen) atoms. The smallest absolute Gasteiger partial charge is 0.256 e. The van der Waals surface area contributed by atoms with Crippen LogP contribution in [0.1, 0.15) is 21.6 Å². The van der Waals surface area contributed by atoms with Crippen molar-refractivity contribution < 1.29 is 13.9 Å². The maximum atomic E-state index is 14.5. The van der Waals surface area contributed by atoms with Gasteiger partial charge < -0.3 is 9.64 Å². The highest BCUT2D eigenvalue weighted by Gasteiger charge is 2.39. The molecule has 6 heteroatoms. The molecule has 5 nitrogen and oxygen atoms in total. The topological polar surface area (TPSA) is 55.3 Å². The first-order chi connectivity index (χ1) is 13.7. The lowest BCUT2D eigenvalue weighted by atomic mass is 10.0. The summed E-state index contributed by atoms with van der Waals surface area (Å²) in [5.74, 6) is 0.0334. The number of hydrogen-bond acceptors (Lipinski definition) is 4. The van der Waals surface area contributed by atoms with Gasteiger partial charge in [-0.1, -0.05) is 30.3 Å². The highest BCUT2D eigenvalue weighted by Crippen LogP contribution is 2.30. The van der Waals surface area contributed by atoms with Crippen LogP contribution in [0.25, 0.3) is 10.8 Å². The maximum absolute atomic E-state index is 14.5. The molecule has 0 radical (unpaired) electrons. The fourth-order valence-corrected chi connectivity index (χ4v) is 4.28. The molecule has 2 unspecified atom stereocenters. The van der Waals surface area contributed by atoms with E-state index in [-0.39, 0.29) is 11.5 Å². The third kappa shape index (κ3) is 3.03. The largest absolute Gasteiger partial charge is 0.381 e. The van der Waals surface area contributed by atoms with Crippen LogP contribution in [0.4, 0.5) is 4.39 Å². The first-order valence-electron chi connectivity index (χ1n) is 9.54. The number of rotatable bonds is 3. The van der Waals surface area contributed by atoms with E-state index in [9.17, 15) is 9.18 Å². The molecule has 0 saturated carbocycles. The highest BCUT2D eigenvalue weighted by molar-refractivity contribution is 5.95. The molecule has 2 fully saturated rings. The van der Waals surface area contributed by atoms with E-state index in [1.54, 1.807) is 23.2 Å². The Balaban J connectivity index is 1.42. The van der Waals surface area contributed by atoms with E-state index < -0.39 is 5.82 Å². The Bertz CT molecular complexity index is 1040. The lowest BCUT2D eigenvalue weighted by Crippen LogP contribution is -2.31. The van der Waals surface area contributed by atoms with Gasteiger partial charge in [0.2, 0.25) is 0 Å². The molecule has 5 rings (SSSR count). The summed E-state index contributed by atoms with van der Waals surface area (Å²) in [7, 11) is 0. The second-order valence-electron chi connectivity index (χ2n) is 7.64. The molecule has 0 bridgehead atoms. The molecule has 3 aromatic rings. The van der Waals surface area contributed by atoms with Gasteiger partial charge in [-0.3, -0.25) is 4.79 Å². The Hall–Kier alpha value is -2.86. The quantitative estimate of drug-likeness (QED) is 0.704. The Morgan fingerprint density at radius 2 is 1.93 bits per heavy atom. The summed E-state index contributed by atoms with van der Waals surface area (Å²) in [6, 6.07) is 12.6. The second-order valence-corrected chi connectivity index (χ2v) is 7.64. The Kier molecular flexibility index (Phi) is 4.28. The van der Waals surface area contributed by atoms with Gasteiger partial charge in [0.25, 0.3) is 5.91 Å². The van der Waals surface area contributed by atoms with Crippen molar-refractivity contribution in [1.29, 1.82) is 0 Å². The standard InChI is InChI=1S/C22H20FN3O2/c23-20-6-5-14(8-21-18-4-2-1-3-15(18)9-24-25-21)7-19(20)22(27)26-10-16-12-28-13-17(16)11-26/h1-7,9,16-17H,8,10-13H2. The summed E-state index contributed by atoms with van der Waals surface area (Å²) in [5, 5.41) is 10.4. The van der Waals surface area contributed by atoms with Gasteiger partial charge in [-0.05, 0) is 17.7 Å². The average Bonchev–Trinajstić information content (AvgIpc) is 3.31. The fraction of sp³-hybridized carbons (Fsp3) is 0.318. The lowest BCUT2D eigenvalue weighted by Gasteiger charge is -2.18. The third-order valence-corrected chi connectivity index (χ3v) is 5.81. The van der Waals surface area contributed by atoms with E-state index in [2.05, 4.69) is 10.2 Å². The van der Waals surface area contributed by atoms with Gasteiger partial charge in [0.05, 0.1) is 30.7 Å². The minimum absolute atomic E-state index is 0.131. The van der Waals surface area contributed by atoms with Crippen molar-refractivity contribution in [1.82, 2.24) is 15.1 Å². The number of halogens is 1. The number of hydrogen-bond donors (Lipinski definition) is 0. The fourth-order valence-electron chi connectivity index (χ4n) is 4.28. The molecule has 2 saturated heterocycles. The minimum atomic E-state index is -0.480. The number of ether oxygens (including phenoxy) is 1. The number of fused-ring (bicyclic) bond motifs is 2. The number of carbonyl (C=O) groups excluding carboxylic acids is 1. The van der Waals surface area contributed by atoms with Gasteiger partial charge in [0.15, 0.2) is 0 Å². The number of benzene rings is 2. The van der Waals surface area contributed by atoms with Crippen LogP contribution in [0.3, 0.4) is 0 Å². The number of aromatic nitrogens is 2. The van der Waals surface area contributed by atoms with Gasteiger partial charge in [-0.25, -0.2) is 4.39 Å². The van der Waals surface area contributed by atoms with Crippen molar-refractivity contribution in [2.24, 2.45) is 11.8 Å². The van der Waals surface area contributed by atoms with Gasteiger partial charge in [-0.15, -0.1) is 0 Å². The summed E-state index contributed by atoms with van der Waals surface area (Å²) in [6.45, 7) is 2.66. The van der Waals surface area contributed by atoms with Gasteiger partial charge in [-0.2, -0.15) is 10.2 Å². The van der Waals surface area contributed by atoms with Crippen molar-refractivity contribution in [2.45, 2.75) is 6.42 Å². The zero-order chi connectivity index (χ0) is 19.1. The van der Waals surface area contributed by atoms with E-state index >= 15 is 0 Å². The number of likely N-dealkylation sites (tertiary alicyclic amines) is 1. The molecule has 0 spiro atoms. The predicted octanol–water partition coefficient (Wildman–Crippen LogP) is 3.08. The average molecular weight is 377 g/mol. The molecule has 2 aromatic carbocycles. The molecule has 2 atom stereocenters. The van der Waals surface area contributed by atoms with Gasteiger partial charge in [0.1, 0.15) is 5.82 Å². The second kappa shape index (κ2) is 6.95. The summed E-state index contributed by atoms with van der Waals surface area (Å²) in [5.41, 5.74) is 1.79. The van der Waals surface area contributed by atoms with Crippen LogP contribution in [-0.4, -0.2) is 47.3 Å². The highest BCUT2D eigenvalue weighted by atomic mass is 19.1. The van der Waals surface area contributed by atoms with E-state index in [0.29, 0.717) is 44.6 Å². The first kappa shape index (κ1) is 17.3. The summed E-state index contributed by atoms with van der Waals surface area (Å²) < 4.78 is 19.9. The molecule has 0 N–H and O–H groups in total. The molecular weight excluding hydrogens is 357 g/mol. The van der Waals surface area contributed by atoms with Crippen LogP contribution in [0.2, 0.25) is 0 Å². The lowest BCUT2D eigenvalue weighted by molar-refractivity contribution is 0.0746. The van der Waals surface area contributed by atoms with E-state index in [1.165, 1.54) is 6.07 Å². The van der Waals surface area contributed by atoms with Crippen molar-refractivity contribution in [3.8, 4) is 0 Å². The zero-order valence-corrected chi connectivity index (χ0v) is 15.3. The monoisotopic (exact) mass is 377 g/mol. The van der Waals surface area contributed by atoms with Crippen LogP contribution in [0.5, 0.6) is 0 Å². The summed E-state index contributed by atoms with van der Waals surface area (Å²) >= 11 is 0. The van der Waals surface area contributed by atoms with Crippen LogP contribution >= 0.6 is 0 Å². The molecule has 142 valence electrons. The summed E-state index contributed by atoms with van der Waals surface area (Å²) in [4.78, 5) is 14.7. The van der Waals surface area contributed by atoms with Gasteiger partial charge in [0, 0.05) is 42.1 Å². The molecular formula is C22H20FN3O2. The minimum Gasteiger partial charge on any atom is -0.381 e.